The number of pyridine rings is 1. The maximum Gasteiger partial charge on any atom is 0.274 e. The van der Waals surface area contributed by atoms with Gasteiger partial charge in [-0.3, -0.25) is 9.59 Å². The zero-order valence-electron chi connectivity index (χ0n) is 21.6. The molecule has 5 rings (SSSR count). The van der Waals surface area contributed by atoms with Crippen LogP contribution in [0.15, 0.2) is 35.4 Å². The van der Waals surface area contributed by atoms with Gasteiger partial charge in [-0.2, -0.15) is 9.61 Å². The molecule has 37 heavy (non-hydrogen) atoms. The van der Waals surface area contributed by atoms with Crippen LogP contribution >= 0.6 is 0 Å². The van der Waals surface area contributed by atoms with Gasteiger partial charge in [0, 0.05) is 39.1 Å². The normalized spacial score (nSPS) is 24.1. The van der Waals surface area contributed by atoms with E-state index in [1.807, 2.05) is 6.07 Å². The van der Waals surface area contributed by atoms with Gasteiger partial charge in [0.2, 0.25) is 0 Å². The summed E-state index contributed by atoms with van der Waals surface area (Å²) in [6, 6.07) is 5.35. The van der Waals surface area contributed by atoms with Gasteiger partial charge in [0.25, 0.3) is 11.5 Å². The molecule has 11 nitrogen and oxygen atoms in total. The second-order valence-corrected chi connectivity index (χ2v) is 10.1. The fourth-order valence-electron chi connectivity index (χ4n) is 5.36. The van der Waals surface area contributed by atoms with E-state index in [2.05, 4.69) is 33.0 Å². The molecule has 0 bridgehead atoms. The average molecular weight is 510 g/mol. The molecule has 0 spiro atoms. The van der Waals surface area contributed by atoms with Crippen molar-refractivity contribution in [3.63, 3.8) is 0 Å². The molecule has 1 saturated carbocycles. The number of aromatic nitrogens is 4. The first-order valence-corrected chi connectivity index (χ1v) is 12.9. The summed E-state index contributed by atoms with van der Waals surface area (Å²) in [5.41, 5.74) is 0.788. The van der Waals surface area contributed by atoms with Gasteiger partial charge in [-0.05, 0) is 57.6 Å². The topological polar surface area (TPSA) is 124 Å². The van der Waals surface area contributed by atoms with Crippen LogP contribution in [-0.2, 0) is 9.47 Å². The number of amides is 1. The Balaban J connectivity index is 1.42. The molecular weight excluding hydrogens is 474 g/mol. The molecule has 3 aromatic heterocycles. The van der Waals surface area contributed by atoms with E-state index in [0.717, 1.165) is 45.1 Å². The van der Waals surface area contributed by atoms with Gasteiger partial charge in [0.1, 0.15) is 22.9 Å². The number of carbonyl (C=O) groups excluding carboxylic acids is 1. The van der Waals surface area contributed by atoms with Gasteiger partial charge >= 0.3 is 0 Å². The van der Waals surface area contributed by atoms with Crippen LogP contribution in [0.1, 0.15) is 61.8 Å². The number of nitrogens with one attached hydrogen (secondary N) is 3. The Labute approximate surface area is 215 Å². The van der Waals surface area contributed by atoms with E-state index < -0.39 is 0 Å². The second-order valence-electron chi connectivity index (χ2n) is 10.1. The number of fused-ring (bicyclic) bond motifs is 1. The number of rotatable bonds is 7. The summed E-state index contributed by atoms with van der Waals surface area (Å²) in [4.78, 5) is 31.2. The fraction of sp³-hybridized carbons (Fsp3) is 0.538. The average Bonchev–Trinajstić information content (AvgIpc) is 3.34. The third kappa shape index (κ3) is 5.19. The molecule has 1 aliphatic heterocycles. The lowest BCUT2D eigenvalue weighted by Gasteiger charge is -2.37. The summed E-state index contributed by atoms with van der Waals surface area (Å²) in [6.45, 7) is 3.34. The minimum absolute atomic E-state index is 0.0104. The van der Waals surface area contributed by atoms with Crippen molar-refractivity contribution in [3.05, 3.63) is 46.5 Å². The molecule has 1 saturated heterocycles. The van der Waals surface area contributed by atoms with Crippen molar-refractivity contribution >= 4 is 28.9 Å². The predicted molar refractivity (Wildman–Crippen MR) is 141 cm³/mol. The maximum atomic E-state index is 13.3. The van der Waals surface area contributed by atoms with Gasteiger partial charge in [-0.15, -0.1) is 0 Å². The Morgan fingerprint density at radius 3 is 2.92 bits per heavy atom. The van der Waals surface area contributed by atoms with Crippen LogP contribution in [0.3, 0.4) is 0 Å². The van der Waals surface area contributed by atoms with Crippen LogP contribution in [0, 0.1) is 0 Å². The van der Waals surface area contributed by atoms with Gasteiger partial charge < -0.3 is 30.0 Å². The zero-order chi connectivity index (χ0) is 26.0. The van der Waals surface area contributed by atoms with Crippen molar-refractivity contribution in [3.8, 4) is 0 Å². The Morgan fingerprint density at radius 1 is 1.30 bits per heavy atom. The van der Waals surface area contributed by atoms with E-state index in [9.17, 15) is 9.59 Å². The number of hydrogen-bond acceptors (Lipinski definition) is 8. The Kier molecular flexibility index (Phi) is 7.16. The molecule has 198 valence electrons. The SMILES string of the molecule is CNc1cc(Nc2cccn(C3CCCOC3)c2=O)nc2c(C(=O)N[C@H]3CCC[C@](C)(OC)C3)cnn12. The lowest BCUT2D eigenvalue weighted by molar-refractivity contribution is -0.0314. The molecule has 4 heterocycles. The molecule has 3 atom stereocenters. The van der Waals surface area contributed by atoms with Crippen molar-refractivity contribution in [1.82, 2.24) is 24.5 Å². The van der Waals surface area contributed by atoms with Crippen molar-refractivity contribution < 1.29 is 14.3 Å². The van der Waals surface area contributed by atoms with Gasteiger partial charge in [-0.25, -0.2) is 4.98 Å². The minimum Gasteiger partial charge on any atom is -0.379 e. The van der Waals surface area contributed by atoms with E-state index in [-0.39, 0.29) is 29.2 Å². The number of carbonyl (C=O) groups is 1. The van der Waals surface area contributed by atoms with Crippen molar-refractivity contribution in [2.24, 2.45) is 0 Å². The molecule has 2 fully saturated rings. The first-order valence-electron chi connectivity index (χ1n) is 12.9. The van der Waals surface area contributed by atoms with Crippen LogP contribution in [0.4, 0.5) is 17.3 Å². The molecule has 2 aliphatic rings. The van der Waals surface area contributed by atoms with E-state index in [4.69, 9.17) is 9.47 Å². The Hall–Kier alpha value is -3.44. The minimum atomic E-state index is -0.238. The molecule has 1 unspecified atom stereocenters. The summed E-state index contributed by atoms with van der Waals surface area (Å²) < 4.78 is 14.6. The van der Waals surface area contributed by atoms with Crippen LogP contribution in [0.5, 0.6) is 0 Å². The molecule has 11 heteroatoms. The standard InChI is InChI=1S/C26H35N7O4/c1-26(36-3)10-4-7-17(14-26)29-24(34)19-15-28-33-22(27-2)13-21(31-23(19)33)30-20-9-5-11-32(25(20)35)18-8-6-12-37-16-18/h5,9,11,13,15,17-18,27H,4,6-8,10,12,14,16H2,1-3H3,(H,29,34)(H,30,31)/t17-,18?,26-/m0/s1. The number of anilines is 3. The van der Waals surface area contributed by atoms with Gasteiger partial charge in [0.15, 0.2) is 5.65 Å². The molecule has 3 aromatic rings. The van der Waals surface area contributed by atoms with Gasteiger partial charge in [-0.1, -0.05) is 0 Å². The monoisotopic (exact) mass is 509 g/mol. The van der Waals surface area contributed by atoms with E-state index in [1.165, 1.54) is 6.20 Å². The van der Waals surface area contributed by atoms with Crippen LogP contribution in [0.25, 0.3) is 5.65 Å². The van der Waals surface area contributed by atoms with Crippen molar-refractivity contribution in [2.45, 2.75) is 63.1 Å². The first-order chi connectivity index (χ1) is 17.9. The number of ether oxygens (including phenoxy) is 2. The highest BCUT2D eigenvalue weighted by molar-refractivity contribution is 6.00. The quantitative estimate of drug-likeness (QED) is 0.444. The van der Waals surface area contributed by atoms with E-state index in [1.54, 1.807) is 41.6 Å². The second kappa shape index (κ2) is 10.5. The highest BCUT2D eigenvalue weighted by Crippen LogP contribution is 2.31. The summed E-state index contributed by atoms with van der Waals surface area (Å²) in [7, 11) is 3.49. The summed E-state index contributed by atoms with van der Waals surface area (Å²) in [5.74, 6) is 0.838. The smallest absolute Gasteiger partial charge is 0.274 e. The highest BCUT2D eigenvalue weighted by atomic mass is 16.5. The molecule has 1 amide bonds. The summed E-state index contributed by atoms with van der Waals surface area (Å²) in [5, 5.41) is 13.8. The van der Waals surface area contributed by atoms with Gasteiger partial charge in [0.05, 0.1) is 24.4 Å². The molecule has 0 aromatic carbocycles. The zero-order valence-corrected chi connectivity index (χ0v) is 21.6. The van der Waals surface area contributed by atoms with Crippen LogP contribution < -0.4 is 21.5 Å². The Bertz CT molecular complexity index is 1330. The van der Waals surface area contributed by atoms with E-state index >= 15 is 0 Å². The van der Waals surface area contributed by atoms with E-state index in [0.29, 0.717) is 35.1 Å². The largest absolute Gasteiger partial charge is 0.379 e. The maximum absolute atomic E-state index is 13.3. The summed E-state index contributed by atoms with van der Waals surface area (Å²) in [6.07, 6.45) is 8.76. The highest BCUT2D eigenvalue weighted by Gasteiger charge is 2.33. The number of methoxy groups -OCH3 is 1. The molecular formula is C26H35N7O4. The van der Waals surface area contributed by atoms with Crippen LogP contribution in [-0.4, -0.2) is 64.1 Å². The lowest BCUT2D eigenvalue weighted by Crippen LogP contribution is -2.45. The van der Waals surface area contributed by atoms with Crippen LogP contribution in [0.2, 0.25) is 0 Å². The Morgan fingerprint density at radius 2 is 2.16 bits per heavy atom. The predicted octanol–water partition coefficient (Wildman–Crippen LogP) is 3.11. The number of nitrogens with zero attached hydrogens (tertiary/aromatic N) is 4. The molecule has 0 radical (unpaired) electrons. The fourth-order valence-corrected chi connectivity index (χ4v) is 5.36. The first kappa shape index (κ1) is 25.2. The van der Waals surface area contributed by atoms with Crippen molar-refractivity contribution in [2.75, 3.05) is 38.0 Å². The molecule has 1 aliphatic carbocycles. The number of hydrogen-bond donors (Lipinski definition) is 3. The third-order valence-electron chi connectivity index (χ3n) is 7.50. The summed E-state index contributed by atoms with van der Waals surface area (Å²) >= 11 is 0. The lowest BCUT2D eigenvalue weighted by atomic mass is 9.83. The van der Waals surface area contributed by atoms with Crippen molar-refractivity contribution in [1.29, 1.82) is 0 Å². The third-order valence-corrected chi connectivity index (χ3v) is 7.50. The molecule has 3 N–H and O–H groups in total.